The van der Waals surface area contributed by atoms with Crippen molar-refractivity contribution in [3.8, 4) is 0 Å². The second-order valence-electron chi connectivity index (χ2n) is 4.51. The molecule has 0 fully saturated rings. The number of hydroxylamine groups is 2. The third kappa shape index (κ3) is 4.77. The van der Waals surface area contributed by atoms with Crippen molar-refractivity contribution in [1.29, 1.82) is 0 Å². The first-order chi connectivity index (χ1) is 10.2. The fourth-order valence-electron chi connectivity index (χ4n) is 1.75. The fourth-order valence-corrected chi connectivity index (χ4v) is 2.75. The molecule has 0 atom stereocenters. The molecule has 108 valence electrons. The van der Waals surface area contributed by atoms with Gasteiger partial charge in [-0.3, -0.25) is 10.0 Å². The molecule has 2 aromatic carbocycles. The van der Waals surface area contributed by atoms with Crippen molar-refractivity contribution in [2.75, 3.05) is 7.05 Å². The zero-order valence-electron chi connectivity index (χ0n) is 11.8. The number of carbonyl (C=O) groups is 1. The van der Waals surface area contributed by atoms with E-state index in [1.807, 2.05) is 42.5 Å². The zero-order valence-corrected chi connectivity index (χ0v) is 12.6. The Labute approximate surface area is 128 Å². The lowest BCUT2D eigenvalue weighted by Crippen LogP contribution is -2.19. The number of rotatable bonds is 5. The van der Waals surface area contributed by atoms with Crippen molar-refractivity contribution in [3.05, 3.63) is 71.8 Å². The molecule has 0 aliphatic rings. The van der Waals surface area contributed by atoms with Gasteiger partial charge >= 0.3 is 0 Å². The Morgan fingerprint density at radius 1 is 1.14 bits per heavy atom. The summed E-state index contributed by atoms with van der Waals surface area (Å²) in [6.45, 7) is 0. The molecule has 0 saturated carbocycles. The lowest BCUT2D eigenvalue weighted by molar-refractivity contribution is -0.153. The van der Waals surface area contributed by atoms with Crippen LogP contribution in [-0.2, 0) is 10.5 Å². The summed E-state index contributed by atoms with van der Waals surface area (Å²) in [5.74, 6) is 0.428. The largest absolute Gasteiger partial charge is 0.286 e. The van der Waals surface area contributed by atoms with Crippen LogP contribution in [0.1, 0.15) is 11.1 Å². The predicted octanol–water partition coefficient (Wildman–Crippen LogP) is 3.84. The molecule has 0 heterocycles. The Hall–Kier alpha value is -2.04. The van der Waals surface area contributed by atoms with Crippen molar-refractivity contribution < 1.29 is 10.0 Å². The van der Waals surface area contributed by atoms with Crippen LogP contribution in [-0.4, -0.2) is 23.2 Å². The number of hydrogen-bond donors (Lipinski definition) is 1. The number of amides is 1. The van der Waals surface area contributed by atoms with Gasteiger partial charge in [0.05, 0.1) is 0 Å². The molecule has 0 aliphatic heterocycles. The first-order valence-electron chi connectivity index (χ1n) is 6.57. The van der Waals surface area contributed by atoms with E-state index in [9.17, 15) is 4.79 Å². The lowest BCUT2D eigenvalue weighted by Gasteiger charge is -2.07. The minimum Gasteiger partial charge on any atom is -0.286 e. The number of likely N-dealkylation sites (N-methyl/N-ethyl adjacent to an activating group) is 1. The predicted molar refractivity (Wildman–Crippen MR) is 86.0 cm³/mol. The van der Waals surface area contributed by atoms with Gasteiger partial charge in [0.1, 0.15) is 0 Å². The van der Waals surface area contributed by atoms with Gasteiger partial charge in [0, 0.05) is 23.8 Å². The minimum atomic E-state index is -0.446. The number of benzene rings is 2. The highest BCUT2D eigenvalue weighted by Gasteiger charge is 2.03. The molecule has 3 nitrogen and oxygen atoms in total. The molecular formula is C17H17NO2S. The third-order valence-corrected chi connectivity index (χ3v) is 4.04. The Balaban J connectivity index is 2.08. The molecule has 0 aromatic heterocycles. The van der Waals surface area contributed by atoms with E-state index in [0.717, 1.165) is 16.2 Å². The van der Waals surface area contributed by atoms with Crippen LogP contribution in [0.15, 0.2) is 65.6 Å². The third-order valence-electron chi connectivity index (χ3n) is 2.88. The highest BCUT2D eigenvalue weighted by Crippen LogP contribution is 2.27. The van der Waals surface area contributed by atoms with Crippen LogP contribution in [0.4, 0.5) is 0 Å². The van der Waals surface area contributed by atoms with Crippen molar-refractivity contribution in [2.24, 2.45) is 0 Å². The Kier molecular flexibility index (Phi) is 5.60. The SMILES string of the molecule is CN(O)C(=O)/C=C/c1ccccc1SCc1ccccc1. The molecule has 2 aromatic rings. The summed E-state index contributed by atoms with van der Waals surface area (Å²) in [5.41, 5.74) is 2.22. The van der Waals surface area contributed by atoms with Gasteiger partial charge in [0.25, 0.3) is 5.91 Å². The van der Waals surface area contributed by atoms with E-state index in [1.165, 1.54) is 18.7 Å². The van der Waals surface area contributed by atoms with E-state index in [2.05, 4.69) is 12.1 Å². The molecule has 0 saturated heterocycles. The molecule has 1 amide bonds. The van der Waals surface area contributed by atoms with Crippen molar-refractivity contribution >= 4 is 23.7 Å². The zero-order chi connectivity index (χ0) is 15.1. The van der Waals surface area contributed by atoms with Gasteiger partial charge in [-0.25, -0.2) is 5.06 Å². The van der Waals surface area contributed by atoms with Crippen LogP contribution in [0.5, 0.6) is 0 Å². The summed E-state index contributed by atoms with van der Waals surface area (Å²) in [6, 6.07) is 18.1. The van der Waals surface area contributed by atoms with E-state index < -0.39 is 5.91 Å². The van der Waals surface area contributed by atoms with Crippen LogP contribution in [0, 0.1) is 0 Å². The van der Waals surface area contributed by atoms with Crippen LogP contribution < -0.4 is 0 Å². The van der Waals surface area contributed by atoms with E-state index in [1.54, 1.807) is 17.8 Å². The standard InChI is InChI=1S/C17H17NO2S/c1-18(20)17(19)12-11-15-9-5-6-10-16(15)21-13-14-7-3-2-4-8-14/h2-12,20H,13H2,1H3/b12-11+. The van der Waals surface area contributed by atoms with Gasteiger partial charge in [-0.05, 0) is 23.3 Å². The summed E-state index contributed by atoms with van der Waals surface area (Å²) >= 11 is 1.72. The molecule has 0 bridgehead atoms. The number of carbonyl (C=O) groups excluding carboxylic acids is 1. The first kappa shape index (κ1) is 15.4. The van der Waals surface area contributed by atoms with Crippen LogP contribution in [0.3, 0.4) is 0 Å². The monoisotopic (exact) mass is 299 g/mol. The Bertz CT molecular complexity index is 624. The summed E-state index contributed by atoms with van der Waals surface area (Å²) in [6.07, 6.45) is 3.09. The van der Waals surface area contributed by atoms with E-state index in [-0.39, 0.29) is 0 Å². The maximum atomic E-state index is 11.4. The summed E-state index contributed by atoms with van der Waals surface area (Å²) < 4.78 is 0. The molecular weight excluding hydrogens is 282 g/mol. The topological polar surface area (TPSA) is 40.5 Å². The maximum absolute atomic E-state index is 11.4. The lowest BCUT2D eigenvalue weighted by atomic mass is 10.2. The van der Waals surface area contributed by atoms with Crippen LogP contribution in [0.2, 0.25) is 0 Å². The first-order valence-corrected chi connectivity index (χ1v) is 7.56. The molecule has 0 spiro atoms. The second-order valence-corrected chi connectivity index (χ2v) is 5.52. The van der Waals surface area contributed by atoms with E-state index in [0.29, 0.717) is 5.06 Å². The van der Waals surface area contributed by atoms with Gasteiger partial charge in [-0.1, -0.05) is 48.5 Å². The van der Waals surface area contributed by atoms with Crippen LogP contribution in [0.25, 0.3) is 6.08 Å². The Morgan fingerprint density at radius 2 is 1.81 bits per heavy atom. The number of nitrogens with zero attached hydrogens (tertiary/aromatic N) is 1. The molecule has 21 heavy (non-hydrogen) atoms. The maximum Gasteiger partial charge on any atom is 0.269 e. The molecule has 0 unspecified atom stereocenters. The molecule has 1 N–H and O–H groups in total. The minimum absolute atomic E-state index is 0.446. The molecule has 4 heteroatoms. The van der Waals surface area contributed by atoms with Crippen molar-refractivity contribution in [3.63, 3.8) is 0 Å². The van der Waals surface area contributed by atoms with Gasteiger partial charge in [0.2, 0.25) is 0 Å². The number of hydrogen-bond acceptors (Lipinski definition) is 3. The highest BCUT2D eigenvalue weighted by atomic mass is 32.2. The van der Waals surface area contributed by atoms with E-state index in [4.69, 9.17) is 5.21 Å². The van der Waals surface area contributed by atoms with Gasteiger partial charge < -0.3 is 0 Å². The Morgan fingerprint density at radius 3 is 2.52 bits per heavy atom. The van der Waals surface area contributed by atoms with Gasteiger partial charge in [-0.15, -0.1) is 11.8 Å². The summed E-state index contributed by atoms with van der Waals surface area (Å²) in [7, 11) is 1.31. The smallest absolute Gasteiger partial charge is 0.269 e. The fraction of sp³-hybridized carbons (Fsp3) is 0.118. The highest BCUT2D eigenvalue weighted by molar-refractivity contribution is 7.98. The molecule has 0 aliphatic carbocycles. The van der Waals surface area contributed by atoms with E-state index >= 15 is 0 Å². The van der Waals surface area contributed by atoms with Gasteiger partial charge in [0.15, 0.2) is 0 Å². The van der Waals surface area contributed by atoms with Crippen molar-refractivity contribution in [1.82, 2.24) is 5.06 Å². The van der Waals surface area contributed by atoms with Crippen molar-refractivity contribution in [2.45, 2.75) is 10.6 Å². The summed E-state index contributed by atoms with van der Waals surface area (Å²) in [4.78, 5) is 12.5. The summed E-state index contributed by atoms with van der Waals surface area (Å²) in [5, 5.41) is 9.61. The molecule has 2 rings (SSSR count). The average Bonchev–Trinajstić information content (AvgIpc) is 2.52. The number of thioether (sulfide) groups is 1. The molecule has 0 radical (unpaired) electrons. The van der Waals surface area contributed by atoms with Gasteiger partial charge in [-0.2, -0.15) is 0 Å². The van der Waals surface area contributed by atoms with Crippen LogP contribution >= 0.6 is 11.8 Å². The normalized spacial score (nSPS) is 10.8. The average molecular weight is 299 g/mol. The quantitative estimate of drug-likeness (QED) is 0.395. The second kappa shape index (κ2) is 7.67.